The number of hydrogen-bond donors (Lipinski definition) is 1. The summed E-state index contributed by atoms with van der Waals surface area (Å²) in [5.74, 6) is -0.0472. The lowest BCUT2D eigenvalue weighted by Gasteiger charge is -2.07. The third-order valence-electron chi connectivity index (χ3n) is 3.82. The molecule has 0 aliphatic carbocycles. The Hall–Kier alpha value is -2.76. The van der Waals surface area contributed by atoms with Gasteiger partial charge in [0.15, 0.2) is 0 Å². The van der Waals surface area contributed by atoms with Crippen LogP contribution in [0.1, 0.15) is 6.42 Å². The summed E-state index contributed by atoms with van der Waals surface area (Å²) in [4.78, 5) is 23.9. The first-order valence-corrected chi connectivity index (χ1v) is 7.12. The molecule has 0 atom stereocenters. The summed E-state index contributed by atoms with van der Waals surface area (Å²) in [5, 5.41) is 2.88. The number of carbonyl (C=O) groups excluding carboxylic acids is 1. The molecule has 0 unspecified atom stereocenters. The molecule has 0 saturated carbocycles. The van der Waals surface area contributed by atoms with Crippen LogP contribution in [0.15, 0.2) is 47.5 Å². The molecule has 0 aliphatic heterocycles. The van der Waals surface area contributed by atoms with E-state index < -0.39 is 0 Å². The maximum atomic E-state index is 12.0. The summed E-state index contributed by atoms with van der Waals surface area (Å²) in [6.07, 6.45) is 4.26. The second-order valence-corrected chi connectivity index (χ2v) is 5.32. The molecule has 0 aliphatic rings. The third-order valence-corrected chi connectivity index (χ3v) is 3.82. The van der Waals surface area contributed by atoms with E-state index in [1.54, 1.807) is 23.2 Å². The van der Waals surface area contributed by atoms with E-state index in [9.17, 15) is 9.59 Å². The molecule has 114 valence electrons. The van der Waals surface area contributed by atoms with Gasteiger partial charge in [0.05, 0.1) is 11.0 Å². The van der Waals surface area contributed by atoms with Crippen LogP contribution in [0, 0.1) is 0 Å². The van der Waals surface area contributed by atoms with E-state index in [0.717, 1.165) is 11.0 Å². The number of nitrogens with zero attached hydrogens (tertiary/aromatic N) is 3. The minimum atomic E-state index is -0.0777. The molecule has 6 heteroatoms. The molecule has 2 aromatic heterocycles. The Morgan fingerprint density at radius 3 is 2.50 bits per heavy atom. The third kappa shape index (κ3) is 2.55. The lowest BCUT2D eigenvalue weighted by molar-refractivity contribution is -0.116. The Morgan fingerprint density at radius 1 is 1.09 bits per heavy atom. The maximum absolute atomic E-state index is 12.0. The highest BCUT2D eigenvalue weighted by molar-refractivity contribution is 5.93. The van der Waals surface area contributed by atoms with Crippen LogP contribution in [0.5, 0.6) is 0 Å². The van der Waals surface area contributed by atoms with Crippen LogP contribution in [0.25, 0.3) is 11.0 Å². The molecule has 0 fully saturated rings. The van der Waals surface area contributed by atoms with Gasteiger partial charge in [-0.3, -0.25) is 13.9 Å². The minimum absolute atomic E-state index is 0.0472. The molecule has 0 bridgehead atoms. The van der Waals surface area contributed by atoms with Crippen LogP contribution in [-0.2, 0) is 25.4 Å². The van der Waals surface area contributed by atoms with Crippen molar-refractivity contribution < 1.29 is 4.79 Å². The van der Waals surface area contributed by atoms with E-state index >= 15 is 0 Å². The van der Waals surface area contributed by atoms with Gasteiger partial charge in [0.25, 0.3) is 0 Å². The van der Waals surface area contributed by atoms with E-state index in [1.807, 2.05) is 47.3 Å². The van der Waals surface area contributed by atoms with Crippen molar-refractivity contribution in [1.82, 2.24) is 13.7 Å². The first kappa shape index (κ1) is 14.2. The lowest BCUT2D eigenvalue weighted by atomic mass is 10.2. The van der Waals surface area contributed by atoms with Crippen LogP contribution in [0.3, 0.4) is 0 Å². The standard InChI is InChI=1S/C16H18N4O2/c1-18-13-6-5-12(11-14(13)19(2)16(18)22)17-15(21)7-10-20-8-3-4-9-20/h3-6,8-9,11H,7,10H2,1-2H3,(H,17,21). The fraction of sp³-hybridized carbons (Fsp3) is 0.250. The zero-order valence-corrected chi connectivity index (χ0v) is 12.6. The molecule has 3 rings (SSSR count). The van der Waals surface area contributed by atoms with Gasteiger partial charge in [-0.05, 0) is 30.3 Å². The van der Waals surface area contributed by atoms with E-state index in [1.165, 1.54) is 0 Å². The quantitative estimate of drug-likeness (QED) is 0.797. The van der Waals surface area contributed by atoms with Crippen LogP contribution >= 0.6 is 0 Å². The van der Waals surface area contributed by atoms with Crippen molar-refractivity contribution in [2.24, 2.45) is 14.1 Å². The molecule has 1 aromatic carbocycles. The highest BCUT2D eigenvalue weighted by atomic mass is 16.2. The second kappa shape index (κ2) is 5.55. The first-order valence-electron chi connectivity index (χ1n) is 7.12. The number of anilines is 1. The van der Waals surface area contributed by atoms with Crippen molar-refractivity contribution in [2.75, 3.05) is 5.32 Å². The number of amides is 1. The molecule has 3 aromatic rings. The average molecular weight is 298 g/mol. The van der Waals surface area contributed by atoms with Gasteiger partial charge in [0, 0.05) is 45.1 Å². The van der Waals surface area contributed by atoms with Gasteiger partial charge in [0.1, 0.15) is 0 Å². The summed E-state index contributed by atoms with van der Waals surface area (Å²) >= 11 is 0. The van der Waals surface area contributed by atoms with Crippen molar-refractivity contribution >= 4 is 22.6 Å². The fourth-order valence-electron chi connectivity index (χ4n) is 2.56. The van der Waals surface area contributed by atoms with Crippen molar-refractivity contribution in [3.05, 3.63) is 53.2 Å². The lowest BCUT2D eigenvalue weighted by Crippen LogP contribution is -2.19. The molecule has 0 radical (unpaired) electrons. The molecule has 1 amide bonds. The molecular formula is C16H18N4O2. The van der Waals surface area contributed by atoms with Crippen LogP contribution in [0.4, 0.5) is 5.69 Å². The summed E-state index contributed by atoms with van der Waals surface area (Å²) < 4.78 is 5.13. The SMILES string of the molecule is Cn1c(=O)n(C)c2cc(NC(=O)CCn3cccc3)ccc21. The fourth-order valence-corrected chi connectivity index (χ4v) is 2.56. The number of hydrogen-bond acceptors (Lipinski definition) is 2. The van der Waals surface area contributed by atoms with Gasteiger partial charge in [0.2, 0.25) is 5.91 Å². The molecule has 22 heavy (non-hydrogen) atoms. The number of carbonyl (C=O) groups is 1. The van der Waals surface area contributed by atoms with Crippen molar-refractivity contribution in [1.29, 1.82) is 0 Å². The predicted octanol–water partition coefficient (Wildman–Crippen LogP) is 1.71. The molecule has 1 N–H and O–H groups in total. The van der Waals surface area contributed by atoms with Crippen molar-refractivity contribution in [3.63, 3.8) is 0 Å². The van der Waals surface area contributed by atoms with E-state index in [2.05, 4.69) is 5.32 Å². The van der Waals surface area contributed by atoms with E-state index in [0.29, 0.717) is 18.7 Å². The van der Waals surface area contributed by atoms with E-state index in [-0.39, 0.29) is 11.6 Å². The van der Waals surface area contributed by atoms with Crippen molar-refractivity contribution in [3.8, 4) is 0 Å². The number of benzene rings is 1. The summed E-state index contributed by atoms with van der Waals surface area (Å²) in [6.45, 7) is 0.644. The van der Waals surface area contributed by atoms with Gasteiger partial charge in [-0.2, -0.15) is 0 Å². The Kier molecular flexibility index (Phi) is 3.58. The second-order valence-electron chi connectivity index (χ2n) is 5.32. The Morgan fingerprint density at radius 2 is 1.77 bits per heavy atom. The zero-order valence-electron chi connectivity index (χ0n) is 12.6. The average Bonchev–Trinajstić information content (AvgIpc) is 3.10. The minimum Gasteiger partial charge on any atom is -0.354 e. The topological polar surface area (TPSA) is 61.0 Å². The van der Waals surface area contributed by atoms with Crippen LogP contribution in [0.2, 0.25) is 0 Å². The van der Waals surface area contributed by atoms with Gasteiger partial charge in [-0.1, -0.05) is 0 Å². The number of aromatic nitrogens is 3. The maximum Gasteiger partial charge on any atom is 0.328 e. The number of fused-ring (bicyclic) bond motifs is 1. The van der Waals surface area contributed by atoms with Gasteiger partial charge in [-0.25, -0.2) is 4.79 Å². The number of nitrogens with one attached hydrogen (secondary N) is 1. The van der Waals surface area contributed by atoms with Gasteiger partial charge in [-0.15, -0.1) is 0 Å². The molecule has 0 spiro atoms. The van der Waals surface area contributed by atoms with Crippen molar-refractivity contribution in [2.45, 2.75) is 13.0 Å². The Labute approximate surface area is 127 Å². The summed E-state index contributed by atoms with van der Waals surface area (Å²) in [7, 11) is 3.46. The summed E-state index contributed by atoms with van der Waals surface area (Å²) in [6, 6.07) is 9.35. The highest BCUT2D eigenvalue weighted by Crippen LogP contribution is 2.17. The monoisotopic (exact) mass is 298 g/mol. The number of aryl methyl sites for hydroxylation is 3. The van der Waals surface area contributed by atoms with Crippen LogP contribution in [-0.4, -0.2) is 19.6 Å². The van der Waals surface area contributed by atoms with Crippen LogP contribution < -0.4 is 11.0 Å². The Balaban J connectivity index is 1.75. The number of imidazole rings is 1. The zero-order chi connectivity index (χ0) is 15.7. The highest BCUT2D eigenvalue weighted by Gasteiger charge is 2.09. The molecule has 0 saturated heterocycles. The van der Waals surface area contributed by atoms with Gasteiger partial charge >= 0.3 is 5.69 Å². The molecular weight excluding hydrogens is 280 g/mol. The van der Waals surface area contributed by atoms with Gasteiger partial charge < -0.3 is 9.88 Å². The van der Waals surface area contributed by atoms with E-state index in [4.69, 9.17) is 0 Å². The predicted molar refractivity (Wildman–Crippen MR) is 85.8 cm³/mol. The molecule has 2 heterocycles. The summed E-state index contributed by atoms with van der Waals surface area (Å²) in [5.41, 5.74) is 2.27. The Bertz CT molecular complexity index is 872. The normalized spacial score (nSPS) is 11.0. The molecule has 6 nitrogen and oxygen atoms in total. The first-order chi connectivity index (χ1) is 10.6. The largest absolute Gasteiger partial charge is 0.354 e. The smallest absolute Gasteiger partial charge is 0.328 e. The number of rotatable bonds is 4.